The third-order valence-corrected chi connectivity index (χ3v) is 3.37. The Labute approximate surface area is 137 Å². The van der Waals surface area contributed by atoms with Crippen LogP contribution < -0.4 is 5.32 Å². The predicted molar refractivity (Wildman–Crippen MR) is 88.6 cm³/mol. The first-order valence-corrected chi connectivity index (χ1v) is 7.00. The molecule has 0 spiro atoms. The Balaban J connectivity index is 2.03. The molecule has 0 aliphatic rings. The summed E-state index contributed by atoms with van der Waals surface area (Å²) in [4.78, 5) is 19.0. The number of nitrogens with one attached hydrogen (secondary N) is 1. The molecule has 2 aromatic heterocycles. The molecule has 0 fully saturated rings. The highest BCUT2D eigenvalue weighted by Crippen LogP contribution is 2.32. The van der Waals surface area contributed by atoms with Gasteiger partial charge in [0.2, 0.25) is 0 Å². The first-order valence-electron chi connectivity index (χ1n) is 7.00. The number of aromatic nitrogens is 2. The minimum Gasteiger partial charge on any atom is -0.334 e. The molecule has 3 rings (SSSR count). The van der Waals surface area contributed by atoms with Gasteiger partial charge in [0.25, 0.3) is 5.69 Å². The molecular formula is C17H11N5O2. The SMILES string of the molecule is N#Cc1cccnc1Nc1ccc(-c2cccnc2)cc1[N+](=O)[O-]. The Kier molecular flexibility index (Phi) is 4.12. The van der Waals surface area contributed by atoms with Crippen molar-refractivity contribution in [2.45, 2.75) is 0 Å². The number of nitro groups is 1. The Morgan fingerprint density at radius 2 is 1.96 bits per heavy atom. The monoisotopic (exact) mass is 317 g/mol. The zero-order valence-corrected chi connectivity index (χ0v) is 12.4. The van der Waals surface area contributed by atoms with Gasteiger partial charge in [0, 0.05) is 30.2 Å². The van der Waals surface area contributed by atoms with Crippen LogP contribution in [0.1, 0.15) is 5.56 Å². The van der Waals surface area contributed by atoms with Gasteiger partial charge in [-0.3, -0.25) is 15.1 Å². The smallest absolute Gasteiger partial charge is 0.293 e. The van der Waals surface area contributed by atoms with Gasteiger partial charge in [0.05, 0.1) is 10.5 Å². The number of hydrogen-bond acceptors (Lipinski definition) is 6. The number of anilines is 2. The molecule has 0 aliphatic carbocycles. The maximum atomic E-state index is 11.4. The molecule has 1 N–H and O–H groups in total. The van der Waals surface area contributed by atoms with Crippen molar-refractivity contribution in [3.05, 3.63) is 76.7 Å². The van der Waals surface area contributed by atoms with Crippen molar-refractivity contribution in [2.24, 2.45) is 0 Å². The van der Waals surface area contributed by atoms with Crippen molar-refractivity contribution in [2.75, 3.05) is 5.32 Å². The van der Waals surface area contributed by atoms with Crippen LogP contribution in [0.5, 0.6) is 0 Å². The molecule has 0 bridgehead atoms. The fourth-order valence-electron chi connectivity index (χ4n) is 2.22. The van der Waals surface area contributed by atoms with Crippen LogP contribution in [0, 0.1) is 21.4 Å². The Hall–Kier alpha value is -3.79. The minimum absolute atomic E-state index is 0.106. The van der Waals surface area contributed by atoms with Gasteiger partial charge in [-0.1, -0.05) is 12.1 Å². The van der Waals surface area contributed by atoms with Crippen LogP contribution in [-0.4, -0.2) is 14.9 Å². The van der Waals surface area contributed by atoms with E-state index >= 15 is 0 Å². The number of rotatable bonds is 4. The third kappa shape index (κ3) is 3.03. The molecule has 0 saturated heterocycles. The average Bonchev–Trinajstić information content (AvgIpc) is 2.63. The predicted octanol–water partition coefficient (Wildman–Crippen LogP) is 3.67. The maximum absolute atomic E-state index is 11.4. The van der Waals surface area contributed by atoms with E-state index in [2.05, 4.69) is 15.3 Å². The summed E-state index contributed by atoms with van der Waals surface area (Å²) in [7, 11) is 0. The summed E-state index contributed by atoms with van der Waals surface area (Å²) in [6.45, 7) is 0. The van der Waals surface area contributed by atoms with E-state index in [-0.39, 0.29) is 17.2 Å². The Bertz CT molecular complexity index is 935. The van der Waals surface area contributed by atoms with E-state index in [4.69, 9.17) is 5.26 Å². The summed E-state index contributed by atoms with van der Waals surface area (Å²) < 4.78 is 0. The van der Waals surface area contributed by atoms with Gasteiger partial charge in [-0.25, -0.2) is 4.98 Å². The molecule has 0 aliphatic heterocycles. The van der Waals surface area contributed by atoms with Crippen LogP contribution in [0.15, 0.2) is 61.1 Å². The minimum atomic E-state index is -0.475. The second-order valence-corrected chi connectivity index (χ2v) is 4.87. The largest absolute Gasteiger partial charge is 0.334 e. The van der Waals surface area contributed by atoms with E-state index in [9.17, 15) is 10.1 Å². The summed E-state index contributed by atoms with van der Waals surface area (Å²) in [6, 6.07) is 13.6. The lowest BCUT2D eigenvalue weighted by molar-refractivity contribution is -0.383. The van der Waals surface area contributed by atoms with Crippen molar-refractivity contribution >= 4 is 17.2 Å². The van der Waals surface area contributed by atoms with Gasteiger partial charge >= 0.3 is 0 Å². The molecule has 116 valence electrons. The summed E-state index contributed by atoms with van der Waals surface area (Å²) in [5.41, 5.74) is 1.93. The fraction of sp³-hybridized carbons (Fsp3) is 0. The van der Waals surface area contributed by atoms with Gasteiger partial charge in [-0.05, 0) is 29.8 Å². The lowest BCUT2D eigenvalue weighted by Crippen LogP contribution is -2.00. The van der Waals surface area contributed by atoms with E-state index in [1.807, 2.05) is 12.1 Å². The number of pyridine rings is 2. The van der Waals surface area contributed by atoms with Gasteiger partial charge in [-0.15, -0.1) is 0 Å². The molecule has 3 aromatic rings. The molecule has 0 unspecified atom stereocenters. The van der Waals surface area contributed by atoms with Crippen molar-refractivity contribution in [3.8, 4) is 17.2 Å². The van der Waals surface area contributed by atoms with Gasteiger partial charge in [0.15, 0.2) is 0 Å². The molecule has 1 aromatic carbocycles. The first kappa shape index (κ1) is 15.1. The van der Waals surface area contributed by atoms with Crippen LogP contribution in [0.3, 0.4) is 0 Å². The van der Waals surface area contributed by atoms with Crippen LogP contribution in [0.2, 0.25) is 0 Å². The first-order chi connectivity index (χ1) is 11.7. The molecule has 7 heteroatoms. The molecule has 0 radical (unpaired) electrons. The lowest BCUT2D eigenvalue weighted by atomic mass is 10.1. The number of hydrogen-bond donors (Lipinski definition) is 1. The molecule has 2 heterocycles. The highest BCUT2D eigenvalue weighted by molar-refractivity contribution is 5.76. The van der Waals surface area contributed by atoms with Crippen molar-refractivity contribution < 1.29 is 4.92 Å². The van der Waals surface area contributed by atoms with Crippen LogP contribution >= 0.6 is 0 Å². The Morgan fingerprint density at radius 1 is 1.12 bits per heavy atom. The second kappa shape index (κ2) is 6.54. The van der Waals surface area contributed by atoms with E-state index in [1.165, 1.54) is 12.3 Å². The standard InChI is InChI=1S/C17H11N5O2/c18-10-13-3-2-8-20-17(13)21-15-6-5-12(9-16(15)22(23)24)14-4-1-7-19-11-14/h1-9,11H,(H,20,21). The van der Waals surface area contributed by atoms with Gasteiger partial charge in [0.1, 0.15) is 17.6 Å². The summed E-state index contributed by atoms with van der Waals surface area (Å²) in [5.74, 6) is 0.275. The average molecular weight is 317 g/mol. The van der Waals surface area contributed by atoms with Crippen LogP contribution in [0.4, 0.5) is 17.2 Å². The van der Waals surface area contributed by atoms with Crippen molar-refractivity contribution in [3.63, 3.8) is 0 Å². The zero-order chi connectivity index (χ0) is 16.9. The number of nitrogens with zero attached hydrogens (tertiary/aromatic N) is 4. The number of nitro benzene ring substituents is 1. The van der Waals surface area contributed by atoms with Gasteiger partial charge < -0.3 is 5.32 Å². The van der Waals surface area contributed by atoms with Crippen molar-refractivity contribution in [1.29, 1.82) is 5.26 Å². The van der Waals surface area contributed by atoms with Crippen molar-refractivity contribution in [1.82, 2.24) is 9.97 Å². The molecule has 0 saturated carbocycles. The molecule has 0 atom stereocenters. The van der Waals surface area contributed by atoms with Gasteiger partial charge in [-0.2, -0.15) is 5.26 Å². The number of benzene rings is 1. The Morgan fingerprint density at radius 3 is 2.67 bits per heavy atom. The molecule has 0 amide bonds. The van der Waals surface area contributed by atoms with E-state index in [1.54, 1.807) is 42.7 Å². The third-order valence-electron chi connectivity index (χ3n) is 3.37. The lowest BCUT2D eigenvalue weighted by Gasteiger charge is -2.09. The highest BCUT2D eigenvalue weighted by Gasteiger charge is 2.17. The fourth-order valence-corrected chi connectivity index (χ4v) is 2.22. The second-order valence-electron chi connectivity index (χ2n) is 4.87. The summed E-state index contributed by atoms with van der Waals surface area (Å²) in [6.07, 6.45) is 4.79. The molecule has 7 nitrogen and oxygen atoms in total. The highest BCUT2D eigenvalue weighted by atomic mass is 16.6. The van der Waals surface area contributed by atoms with Crippen LogP contribution in [-0.2, 0) is 0 Å². The summed E-state index contributed by atoms with van der Waals surface area (Å²) >= 11 is 0. The normalized spacial score (nSPS) is 9.96. The molecule has 24 heavy (non-hydrogen) atoms. The quantitative estimate of drug-likeness (QED) is 0.581. The topological polar surface area (TPSA) is 105 Å². The molecular weight excluding hydrogens is 306 g/mol. The zero-order valence-electron chi connectivity index (χ0n) is 12.4. The van der Waals surface area contributed by atoms with Crippen LogP contribution in [0.25, 0.3) is 11.1 Å². The summed E-state index contributed by atoms with van der Waals surface area (Å²) in [5, 5.41) is 23.4. The number of nitriles is 1. The van der Waals surface area contributed by atoms with E-state index < -0.39 is 4.92 Å². The van der Waals surface area contributed by atoms with E-state index in [0.717, 1.165) is 5.56 Å². The van der Waals surface area contributed by atoms with E-state index in [0.29, 0.717) is 11.1 Å². The maximum Gasteiger partial charge on any atom is 0.293 e.